The number of rotatable bonds is 10. The Morgan fingerprint density at radius 2 is 1.62 bits per heavy atom. The van der Waals surface area contributed by atoms with Gasteiger partial charge in [-0.05, 0) is 50.6 Å². The Kier molecular flexibility index (Phi) is 7.70. The SMILES string of the molecule is CCOc1ccc(C(=O)NCCC2C=c3c(OC)ccc(OC)c3=NC2=O)cc1OCC. The summed E-state index contributed by atoms with van der Waals surface area (Å²) in [5.74, 6) is 1.24. The smallest absolute Gasteiger partial charge is 0.253 e. The lowest BCUT2D eigenvalue weighted by atomic mass is 9.99. The summed E-state index contributed by atoms with van der Waals surface area (Å²) in [6.07, 6.45) is 2.23. The van der Waals surface area contributed by atoms with Gasteiger partial charge in [-0.2, -0.15) is 0 Å². The highest BCUT2D eigenvalue weighted by atomic mass is 16.5. The van der Waals surface area contributed by atoms with Crippen molar-refractivity contribution in [1.82, 2.24) is 5.32 Å². The highest BCUT2D eigenvalue weighted by Crippen LogP contribution is 2.28. The lowest BCUT2D eigenvalue weighted by molar-refractivity contribution is -0.120. The molecule has 8 nitrogen and oxygen atoms in total. The van der Waals surface area contributed by atoms with E-state index in [-0.39, 0.29) is 11.8 Å². The van der Waals surface area contributed by atoms with Crippen molar-refractivity contribution in [2.24, 2.45) is 10.9 Å². The standard InChI is InChI=1S/C24H28N2O6/c1-5-31-19-8-7-15(14-21(19)32-6-2)23(27)25-12-11-16-13-17-18(29-3)9-10-20(30-4)22(17)26-24(16)28/h7-10,13-14,16H,5-6,11-12H2,1-4H3,(H,25,27). The maximum atomic E-state index is 12.6. The van der Waals surface area contributed by atoms with Gasteiger partial charge in [0.1, 0.15) is 16.9 Å². The molecule has 0 aliphatic carbocycles. The number of ether oxygens (including phenoxy) is 4. The lowest BCUT2D eigenvalue weighted by Crippen LogP contribution is -2.37. The molecule has 8 heteroatoms. The predicted octanol–water partition coefficient (Wildman–Crippen LogP) is 1.88. The third kappa shape index (κ3) is 5.01. The monoisotopic (exact) mass is 440 g/mol. The minimum absolute atomic E-state index is 0.256. The number of nitrogens with one attached hydrogen (secondary N) is 1. The number of methoxy groups -OCH3 is 2. The van der Waals surface area contributed by atoms with Gasteiger partial charge in [0.15, 0.2) is 11.5 Å². The van der Waals surface area contributed by atoms with Crippen molar-refractivity contribution in [3.63, 3.8) is 0 Å². The van der Waals surface area contributed by atoms with Crippen LogP contribution in [-0.4, -0.2) is 45.8 Å². The third-order valence-corrected chi connectivity index (χ3v) is 5.03. The van der Waals surface area contributed by atoms with Gasteiger partial charge in [0.2, 0.25) is 0 Å². The number of carbonyl (C=O) groups excluding carboxylic acids is 2. The van der Waals surface area contributed by atoms with Crippen LogP contribution >= 0.6 is 0 Å². The van der Waals surface area contributed by atoms with Crippen LogP contribution in [0.25, 0.3) is 6.08 Å². The van der Waals surface area contributed by atoms with Crippen LogP contribution in [0.4, 0.5) is 0 Å². The molecule has 0 aromatic heterocycles. The zero-order valence-corrected chi connectivity index (χ0v) is 18.8. The largest absolute Gasteiger partial charge is 0.496 e. The van der Waals surface area contributed by atoms with Crippen LogP contribution in [0.5, 0.6) is 23.0 Å². The fourth-order valence-electron chi connectivity index (χ4n) is 3.50. The summed E-state index contributed by atoms with van der Waals surface area (Å²) in [5, 5.41) is 4.04. The van der Waals surface area contributed by atoms with Crippen LogP contribution in [0.15, 0.2) is 35.3 Å². The van der Waals surface area contributed by atoms with E-state index in [1.807, 2.05) is 19.9 Å². The maximum Gasteiger partial charge on any atom is 0.253 e. The van der Waals surface area contributed by atoms with E-state index >= 15 is 0 Å². The van der Waals surface area contributed by atoms with Crippen molar-refractivity contribution in [2.75, 3.05) is 34.0 Å². The van der Waals surface area contributed by atoms with Crippen LogP contribution in [-0.2, 0) is 4.79 Å². The molecular weight excluding hydrogens is 412 g/mol. The van der Waals surface area contributed by atoms with Gasteiger partial charge < -0.3 is 24.3 Å². The van der Waals surface area contributed by atoms with Crippen LogP contribution in [0.3, 0.4) is 0 Å². The summed E-state index contributed by atoms with van der Waals surface area (Å²) in [6, 6.07) is 8.56. The van der Waals surface area contributed by atoms with Crippen molar-refractivity contribution >= 4 is 17.9 Å². The molecule has 1 aliphatic rings. The quantitative estimate of drug-likeness (QED) is 0.606. The first-order chi connectivity index (χ1) is 15.5. The zero-order chi connectivity index (χ0) is 23.1. The normalized spacial score (nSPS) is 14.5. The number of nitrogens with zero attached hydrogens (tertiary/aromatic N) is 1. The first-order valence-corrected chi connectivity index (χ1v) is 10.6. The first kappa shape index (κ1) is 23.1. The molecular formula is C24H28N2O6. The van der Waals surface area contributed by atoms with E-state index in [1.54, 1.807) is 37.4 Å². The Labute approximate surface area is 186 Å². The molecule has 0 bridgehead atoms. The summed E-state index contributed by atoms with van der Waals surface area (Å²) in [4.78, 5) is 29.4. The third-order valence-electron chi connectivity index (χ3n) is 5.03. The average molecular weight is 440 g/mol. The van der Waals surface area contributed by atoms with Crippen LogP contribution < -0.4 is 34.8 Å². The van der Waals surface area contributed by atoms with E-state index in [0.29, 0.717) is 60.1 Å². The molecule has 1 heterocycles. The molecule has 2 amide bonds. The molecule has 1 unspecified atom stereocenters. The summed E-state index contributed by atoms with van der Waals surface area (Å²) in [5.41, 5.74) is 0.456. The van der Waals surface area contributed by atoms with Crippen LogP contribution in [0, 0.1) is 5.92 Å². The molecule has 0 spiro atoms. The molecule has 1 N–H and O–H groups in total. The molecule has 0 radical (unpaired) electrons. The number of hydrogen-bond acceptors (Lipinski definition) is 6. The Morgan fingerprint density at radius 1 is 0.969 bits per heavy atom. The van der Waals surface area contributed by atoms with Gasteiger partial charge in [-0.3, -0.25) is 9.59 Å². The van der Waals surface area contributed by atoms with Crippen LogP contribution in [0.1, 0.15) is 30.6 Å². The topological polar surface area (TPSA) is 95.5 Å². The van der Waals surface area contributed by atoms with E-state index in [1.165, 1.54) is 7.11 Å². The summed E-state index contributed by atoms with van der Waals surface area (Å²) < 4.78 is 21.8. The highest BCUT2D eigenvalue weighted by Gasteiger charge is 2.22. The number of hydrogen-bond donors (Lipinski definition) is 1. The molecule has 1 atom stereocenters. The number of fused-ring (bicyclic) bond motifs is 1. The second-order valence-corrected chi connectivity index (χ2v) is 7.03. The Balaban J connectivity index is 1.71. The van der Waals surface area contributed by atoms with Gasteiger partial charge in [0.05, 0.1) is 33.4 Å². The molecule has 2 aromatic rings. The van der Waals surface area contributed by atoms with Crippen molar-refractivity contribution in [1.29, 1.82) is 0 Å². The summed E-state index contributed by atoms with van der Waals surface area (Å²) in [7, 11) is 3.09. The highest BCUT2D eigenvalue weighted by molar-refractivity contribution is 5.95. The van der Waals surface area contributed by atoms with Gasteiger partial charge in [-0.25, -0.2) is 4.99 Å². The van der Waals surface area contributed by atoms with Crippen molar-refractivity contribution < 1.29 is 28.5 Å². The van der Waals surface area contributed by atoms with Crippen molar-refractivity contribution in [3.05, 3.63) is 46.5 Å². The Morgan fingerprint density at radius 3 is 2.31 bits per heavy atom. The molecule has 170 valence electrons. The van der Waals surface area contributed by atoms with Gasteiger partial charge >= 0.3 is 0 Å². The number of amides is 2. The minimum Gasteiger partial charge on any atom is -0.496 e. The van der Waals surface area contributed by atoms with Gasteiger partial charge in [0, 0.05) is 17.3 Å². The van der Waals surface area contributed by atoms with E-state index in [4.69, 9.17) is 18.9 Å². The minimum atomic E-state index is -0.469. The second kappa shape index (κ2) is 10.7. The molecule has 3 rings (SSSR count). The molecule has 1 aliphatic heterocycles. The molecule has 0 saturated heterocycles. The lowest BCUT2D eigenvalue weighted by Gasteiger charge is -2.16. The van der Waals surface area contributed by atoms with Crippen LogP contribution in [0.2, 0.25) is 0 Å². The molecule has 32 heavy (non-hydrogen) atoms. The van der Waals surface area contributed by atoms with E-state index in [9.17, 15) is 9.59 Å². The van der Waals surface area contributed by atoms with E-state index in [2.05, 4.69) is 10.3 Å². The van der Waals surface area contributed by atoms with E-state index < -0.39 is 5.92 Å². The molecule has 0 fully saturated rings. The Bertz CT molecular complexity index is 1110. The average Bonchev–Trinajstić information content (AvgIpc) is 2.80. The number of carbonyl (C=O) groups is 2. The summed E-state index contributed by atoms with van der Waals surface area (Å²) in [6.45, 7) is 5.02. The fourth-order valence-corrected chi connectivity index (χ4v) is 3.50. The molecule has 2 aromatic carbocycles. The summed E-state index contributed by atoms with van der Waals surface area (Å²) >= 11 is 0. The van der Waals surface area contributed by atoms with Gasteiger partial charge in [-0.15, -0.1) is 0 Å². The van der Waals surface area contributed by atoms with Gasteiger partial charge in [-0.1, -0.05) is 6.08 Å². The Hall–Kier alpha value is -3.55. The fraction of sp³-hybridized carbons (Fsp3) is 0.375. The zero-order valence-electron chi connectivity index (χ0n) is 18.8. The van der Waals surface area contributed by atoms with E-state index in [0.717, 1.165) is 5.22 Å². The predicted molar refractivity (Wildman–Crippen MR) is 119 cm³/mol. The van der Waals surface area contributed by atoms with Crippen molar-refractivity contribution in [3.8, 4) is 23.0 Å². The number of benzene rings is 2. The van der Waals surface area contributed by atoms with Crippen molar-refractivity contribution in [2.45, 2.75) is 20.3 Å². The second-order valence-electron chi connectivity index (χ2n) is 7.03. The molecule has 0 saturated carbocycles. The first-order valence-electron chi connectivity index (χ1n) is 10.6. The maximum absolute atomic E-state index is 12.6. The van der Waals surface area contributed by atoms with Gasteiger partial charge in [0.25, 0.3) is 11.8 Å².